The molecule has 0 saturated heterocycles. The van der Waals surface area contributed by atoms with Gasteiger partial charge in [-0.3, -0.25) is 0 Å². The van der Waals surface area contributed by atoms with E-state index in [1.54, 1.807) is 42.5 Å². The highest BCUT2D eigenvalue weighted by Crippen LogP contribution is 2.22. The zero-order valence-electron chi connectivity index (χ0n) is 8.27. The quantitative estimate of drug-likeness (QED) is 0.661. The monoisotopic (exact) mass is 234 g/mol. The SMILES string of the molecule is Fc1ccccc1N=Nc1cccc(Cl)c1. The average Bonchev–Trinajstić information content (AvgIpc) is 2.28. The first-order valence-electron chi connectivity index (χ1n) is 4.67. The summed E-state index contributed by atoms with van der Waals surface area (Å²) in [5, 5.41) is 8.28. The van der Waals surface area contributed by atoms with Gasteiger partial charge in [-0.1, -0.05) is 29.8 Å². The van der Waals surface area contributed by atoms with Gasteiger partial charge >= 0.3 is 0 Å². The summed E-state index contributed by atoms with van der Waals surface area (Å²) in [6.45, 7) is 0. The molecule has 0 fully saturated rings. The van der Waals surface area contributed by atoms with E-state index in [9.17, 15) is 4.39 Å². The van der Waals surface area contributed by atoms with Gasteiger partial charge in [0, 0.05) is 5.02 Å². The number of azo groups is 1. The van der Waals surface area contributed by atoms with Crippen molar-refractivity contribution >= 4 is 23.0 Å². The third-order valence-corrected chi connectivity index (χ3v) is 2.17. The van der Waals surface area contributed by atoms with E-state index in [0.717, 1.165) is 0 Å². The van der Waals surface area contributed by atoms with E-state index in [2.05, 4.69) is 10.2 Å². The van der Waals surface area contributed by atoms with E-state index in [1.807, 2.05) is 0 Å². The highest BCUT2D eigenvalue weighted by atomic mass is 35.5. The van der Waals surface area contributed by atoms with Crippen molar-refractivity contribution in [3.8, 4) is 0 Å². The fourth-order valence-corrected chi connectivity index (χ4v) is 1.37. The van der Waals surface area contributed by atoms with E-state index < -0.39 is 5.82 Å². The lowest BCUT2D eigenvalue weighted by molar-refractivity contribution is 0.628. The molecule has 0 saturated carbocycles. The number of benzene rings is 2. The van der Waals surface area contributed by atoms with Gasteiger partial charge in [0.05, 0.1) is 5.69 Å². The molecule has 2 rings (SSSR count). The molecule has 2 aromatic rings. The molecule has 80 valence electrons. The first kappa shape index (κ1) is 10.8. The van der Waals surface area contributed by atoms with E-state index in [4.69, 9.17) is 11.6 Å². The molecule has 0 aliphatic heterocycles. The van der Waals surface area contributed by atoms with Crippen molar-refractivity contribution in [2.24, 2.45) is 10.2 Å². The molecule has 0 aromatic heterocycles. The average molecular weight is 235 g/mol. The summed E-state index contributed by atoms with van der Waals surface area (Å²) in [5.41, 5.74) is 0.804. The van der Waals surface area contributed by atoms with Crippen molar-refractivity contribution in [3.63, 3.8) is 0 Å². The molecule has 0 aliphatic rings. The van der Waals surface area contributed by atoms with E-state index in [0.29, 0.717) is 10.7 Å². The molecular weight excluding hydrogens is 227 g/mol. The number of nitrogens with zero attached hydrogens (tertiary/aromatic N) is 2. The molecule has 0 radical (unpaired) electrons. The maximum absolute atomic E-state index is 13.2. The zero-order chi connectivity index (χ0) is 11.4. The van der Waals surface area contributed by atoms with Crippen LogP contribution in [-0.4, -0.2) is 0 Å². The maximum Gasteiger partial charge on any atom is 0.150 e. The Balaban J connectivity index is 2.25. The van der Waals surface area contributed by atoms with Crippen LogP contribution in [0, 0.1) is 5.82 Å². The Morgan fingerprint density at radius 1 is 0.938 bits per heavy atom. The lowest BCUT2D eigenvalue weighted by Gasteiger charge is -1.95. The predicted octanol–water partition coefficient (Wildman–Crippen LogP) is 4.89. The highest BCUT2D eigenvalue weighted by molar-refractivity contribution is 6.30. The molecule has 0 spiro atoms. The molecule has 0 aliphatic carbocycles. The maximum atomic E-state index is 13.2. The third-order valence-electron chi connectivity index (χ3n) is 1.93. The van der Waals surface area contributed by atoms with Gasteiger partial charge in [0.15, 0.2) is 5.82 Å². The second-order valence-electron chi connectivity index (χ2n) is 3.13. The van der Waals surface area contributed by atoms with Crippen molar-refractivity contribution in [3.05, 3.63) is 59.4 Å². The van der Waals surface area contributed by atoms with Crippen LogP contribution in [0.5, 0.6) is 0 Å². The van der Waals surface area contributed by atoms with Gasteiger partial charge in [-0.2, -0.15) is 5.11 Å². The van der Waals surface area contributed by atoms with Crippen LogP contribution in [0.1, 0.15) is 0 Å². The van der Waals surface area contributed by atoms with Gasteiger partial charge < -0.3 is 0 Å². The fourth-order valence-electron chi connectivity index (χ4n) is 1.18. The highest BCUT2D eigenvalue weighted by Gasteiger charge is 1.97. The lowest BCUT2D eigenvalue weighted by Crippen LogP contribution is -1.72. The van der Waals surface area contributed by atoms with E-state index in [1.165, 1.54) is 6.07 Å². The summed E-state index contributed by atoms with van der Waals surface area (Å²) in [5.74, 6) is -0.395. The molecule has 2 aromatic carbocycles. The molecule has 0 heterocycles. The predicted molar refractivity (Wildman–Crippen MR) is 62.0 cm³/mol. The van der Waals surface area contributed by atoms with Crippen LogP contribution in [0.15, 0.2) is 58.8 Å². The van der Waals surface area contributed by atoms with Gasteiger partial charge in [0.2, 0.25) is 0 Å². The van der Waals surface area contributed by atoms with Crippen molar-refractivity contribution in [2.45, 2.75) is 0 Å². The second kappa shape index (κ2) is 4.86. The summed E-state index contributed by atoms with van der Waals surface area (Å²) in [6, 6.07) is 13.1. The molecule has 16 heavy (non-hydrogen) atoms. The lowest BCUT2D eigenvalue weighted by atomic mass is 10.3. The van der Waals surface area contributed by atoms with Crippen molar-refractivity contribution in [1.29, 1.82) is 0 Å². The van der Waals surface area contributed by atoms with Crippen LogP contribution in [0.25, 0.3) is 0 Å². The standard InChI is InChI=1S/C12H8ClFN2/c13-9-4-3-5-10(8-9)15-16-12-7-2-1-6-11(12)14/h1-8H. The first-order valence-corrected chi connectivity index (χ1v) is 5.05. The summed E-state index contributed by atoms with van der Waals surface area (Å²) in [7, 11) is 0. The molecule has 0 N–H and O–H groups in total. The van der Waals surface area contributed by atoms with E-state index in [-0.39, 0.29) is 5.69 Å². The van der Waals surface area contributed by atoms with Crippen LogP contribution in [-0.2, 0) is 0 Å². The molecule has 0 amide bonds. The number of rotatable bonds is 2. The topological polar surface area (TPSA) is 24.7 Å². The van der Waals surface area contributed by atoms with Crippen LogP contribution in [0.3, 0.4) is 0 Å². The minimum atomic E-state index is -0.395. The fraction of sp³-hybridized carbons (Fsp3) is 0. The Morgan fingerprint density at radius 2 is 1.75 bits per heavy atom. The Hall–Kier alpha value is -1.74. The van der Waals surface area contributed by atoms with Crippen LogP contribution < -0.4 is 0 Å². The summed E-state index contributed by atoms with van der Waals surface area (Å²) >= 11 is 5.78. The van der Waals surface area contributed by atoms with Crippen LogP contribution >= 0.6 is 11.6 Å². The van der Waals surface area contributed by atoms with Gasteiger partial charge in [0.1, 0.15) is 5.69 Å². The number of hydrogen-bond acceptors (Lipinski definition) is 2. The normalized spacial score (nSPS) is 10.9. The van der Waals surface area contributed by atoms with Gasteiger partial charge in [-0.05, 0) is 30.3 Å². The van der Waals surface area contributed by atoms with Gasteiger partial charge in [-0.15, -0.1) is 5.11 Å². The van der Waals surface area contributed by atoms with E-state index >= 15 is 0 Å². The molecule has 0 bridgehead atoms. The van der Waals surface area contributed by atoms with Gasteiger partial charge in [0.25, 0.3) is 0 Å². The Bertz CT molecular complexity index is 526. The molecule has 4 heteroatoms. The minimum Gasteiger partial charge on any atom is -0.205 e. The first-order chi connectivity index (χ1) is 7.75. The number of halogens is 2. The van der Waals surface area contributed by atoms with Crippen molar-refractivity contribution in [1.82, 2.24) is 0 Å². The minimum absolute atomic E-state index is 0.211. The molecule has 2 nitrogen and oxygen atoms in total. The Labute approximate surface area is 97.4 Å². The molecule has 0 unspecified atom stereocenters. The van der Waals surface area contributed by atoms with Crippen LogP contribution in [0.4, 0.5) is 15.8 Å². The second-order valence-corrected chi connectivity index (χ2v) is 3.57. The number of hydrogen-bond donors (Lipinski definition) is 0. The summed E-state index contributed by atoms with van der Waals surface area (Å²) in [4.78, 5) is 0. The van der Waals surface area contributed by atoms with Gasteiger partial charge in [-0.25, -0.2) is 4.39 Å². The Morgan fingerprint density at radius 3 is 2.50 bits per heavy atom. The largest absolute Gasteiger partial charge is 0.205 e. The summed E-state index contributed by atoms with van der Waals surface area (Å²) < 4.78 is 13.2. The Kier molecular flexibility index (Phi) is 3.27. The van der Waals surface area contributed by atoms with Crippen molar-refractivity contribution in [2.75, 3.05) is 0 Å². The third kappa shape index (κ3) is 2.64. The molecule has 0 atom stereocenters. The van der Waals surface area contributed by atoms with Crippen LogP contribution in [0.2, 0.25) is 5.02 Å². The summed E-state index contributed by atoms with van der Waals surface area (Å²) in [6.07, 6.45) is 0. The molecular formula is C12H8ClFN2. The smallest absolute Gasteiger partial charge is 0.150 e. The van der Waals surface area contributed by atoms with Crippen molar-refractivity contribution < 1.29 is 4.39 Å². The zero-order valence-corrected chi connectivity index (χ0v) is 9.03.